The van der Waals surface area contributed by atoms with E-state index in [2.05, 4.69) is 113 Å². The molecule has 0 saturated carbocycles. The van der Waals surface area contributed by atoms with Gasteiger partial charge in [-0.2, -0.15) is 0 Å². The number of rotatable bonds is 6. The Morgan fingerprint density at radius 3 is 1.62 bits per heavy atom. The third-order valence-corrected chi connectivity index (χ3v) is 19.6. The topological polar surface area (TPSA) is 109 Å². The van der Waals surface area contributed by atoms with Crippen molar-refractivity contribution in [3.63, 3.8) is 0 Å². The number of nitrogens with zero attached hydrogens (tertiary/aromatic N) is 9. The van der Waals surface area contributed by atoms with Gasteiger partial charge in [0.25, 0.3) is 0 Å². The predicted octanol–water partition coefficient (Wildman–Crippen LogP) is 12.9. The van der Waals surface area contributed by atoms with E-state index in [0.29, 0.717) is 51.2 Å². The summed E-state index contributed by atoms with van der Waals surface area (Å²) in [4.78, 5) is 41.5. The molecule has 65 heavy (non-hydrogen) atoms. The summed E-state index contributed by atoms with van der Waals surface area (Å²) in [7, 11) is -1.87. The molecule has 2 aliphatic heterocycles. The van der Waals surface area contributed by atoms with Crippen molar-refractivity contribution in [3.05, 3.63) is 121 Å². The van der Waals surface area contributed by atoms with E-state index >= 15 is 0 Å². The van der Waals surface area contributed by atoms with Crippen molar-refractivity contribution >= 4 is 63.0 Å². The zero-order valence-corrected chi connectivity index (χ0v) is 41.8. The SMILES string of the molecule is CCCn1c(-c2ccc(C#C[Si](C(C)C)(C(C)C)C(C)C)cc2)nc2cc3c(cc21)-c1nc-3nc2[cH-]c(nc3nc(nc4[n-]c(n1)c1ccccc41)-c1ccccc1-3)c1ccccc21.[Zn+2]. The van der Waals surface area contributed by atoms with Crippen molar-refractivity contribution in [3.8, 4) is 68.4 Å². The zero-order valence-electron chi connectivity index (χ0n) is 37.8. The molecule has 11 rings (SSSR count). The summed E-state index contributed by atoms with van der Waals surface area (Å²) in [5.74, 6) is 6.80. The Kier molecular flexibility index (Phi) is 10.7. The third kappa shape index (κ3) is 6.93. The van der Waals surface area contributed by atoms with E-state index in [4.69, 9.17) is 39.9 Å². The number of benzene rings is 5. The van der Waals surface area contributed by atoms with Gasteiger partial charge in [0.1, 0.15) is 13.9 Å². The van der Waals surface area contributed by atoms with Gasteiger partial charge >= 0.3 is 19.5 Å². The van der Waals surface area contributed by atoms with Crippen molar-refractivity contribution < 1.29 is 19.5 Å². The predicted molar refractivity (Wildman–Crippen MR) is 263 cm³/mol. The molecule has 314 valence electrons. The van der Waals surface area contributed by atoms with E-state index in [-0.39, 0.29) is 19.5 Å². The molecule has 0 radical (unpaired) electrons. The van der Waals surface area contributed by atoms with Crippen molar-refractivity contribution in [1.29, 1.82) is 0 Å². The normalized spacial score (nSPS) is 12.2. The van der Waals surface area contributed by atoms with Gasteiger partial charge in [-0.3, -0.25) is 9.97 Å². The summed E-state index contributed by atoms with van der Waals surface area (Å²) >= 11 is 0. The van der Waals surface area contributed by atoms with Crippen molar-refractivity contribution in [2.75, 3.05) is 0 Å². The maximum Gasteiger partial charge on any atom is 2.00 e. The Labute approximate surface area is 392 Å². The molecule has 9 nitrogen and oxygen atoms in total. The Morgan fingerprint density at radius 2 is 1.06 bits per heavy atom. The molecule has 11 heteroatoms. The van der Waals surface area contributed by atoms with Crippen LogP contribution in [-0.4, -0.2) is 47.5 Å². The standard InChI is InChI=1S/C54H47N9Si.Zn/c1-8-26-63-47-29-43-42(28-46(47)57-54(63)35-23-21-34(22-24-35)25-27-64(31(2)3,32(4)5)33(6)7)52-56-45-30-44(36-15-9-10-16-37(36)45)55-48-38-17-11-12-18-39(38)49(58-48)59-50-40-19-13-14-20-41(40)51(60-50)61-53(43)62-52;/h9-24,28-33H,8,26H2,1-7H3;/q-2;+2. The Bertz CT molecular complexity index is 3570. The minimum absolute atomic E-state index is 0. The third-order valence-electron chi connectivity index (χ3n) is 13.3. The quantitative estimate of drug-likeness (QED) is 0.0922. The van der Waals surface area contributed by atoms with Gasteiger partial charge in [-0.15, -0.1) is 34.5 Å². The van der Waals surface area contributed by atoms with Crippen LogP contribution in [0.3, 0.4) is 0 Å². The van der Waals surface area contributed by atoms with E-state index in [1.807, 2.05) is 66.7 Å². The van der Waals surface area contributed by atoms with Crippen LogP contribution in [0.25, 0.3) is 112 Å². The summed E-state index contributed by atoms with van der Waals surface area (Å²) in [6.07, 6.45) is 0.936. The van der Waals surface area contributed by atoms with Gasteiger partial charge in [0.2, 0.25) is 0 Å². The van der Waals surface area contributed by atoms with Crippen LogP contribution in [0.2, 0.25) is 16.6 Å². The molecule has 0 saturated heterocycles. The molecule has 0 atom stereocenters. The average Bonchev–Trinajstić information content (AvgIpc) is 4.09. The van der Waals surface area contributed by atoms with E-state index in [9.17, 15) is 0 Å². The van der Waals surface area contributed by atoms with Crippen LogP contribution in [0.4, 0.5) is 0 Å². The second-order valence-corrected chi connectivity index (χ2v) is 23.6. The molecule has 0 aliphatic carbocycles. The molecule has 0 unspecified atom stereocenters. The fourth-order valence-corrected chi connectivity index (χ4v) is 15.5. The minimum Gasteiger partial charge on any atom is -0.357 e. The van der Waals surface area contributed by atoms with Crippen LogP contribution >= 0.6 is 0 Å². The maximum atomic E-state index is 5.34. The number of aromatic nitrogens is 9. The number of hydrogen-bond donors (Lipinski definition) is 0. The largest absolute Gasteiger partial charge is 2.00 e. The van der Waals surface area contributed by atoms with E-state index < -0.39 is 8.07 Å². The Hall–Kier alpha value is -6.60. The molecule has 3 aromatic heterocycles. The molecule has 6 aromatic carbocycles. The summed E-state index contributed by atoms with van der Waals surface area (Å²) in [5, 5.41) is 3.72. The smallest absolute Gasteiger partial charge is 0.357 e. The van der Waals surface area contributed by atoms with Crippen LogP contribution in [0.5, 0.6) is 0 Å². The van der Waals surface area contributed by atoms with Gasteiger partial charge in [0, 0.05) is 51.2 Å². The van der Waals surface area contributed by atoms with E-state index in [1.165, 1.54) is 0 Å². The molecular formula is C54H47N9SiZn. The molecule has 0 N–H and O–H groups in total. The molecule has 0 amide bonds. The molecule has 8 bridgehead atoms. The average molecular weight is 916 g/mol. The second kappa shape index (κ2) is 16.4. The van der Waals surface area contributed by atoms with Gasteiger partial charge in [0.15, 0.2) is 11.6 Å². The van der Waals surface area contributed by atoms with Gasteiger partial charge < -0.3 is 19.5 Å². The minimum atomic E-state index is -1.87. The number of hydrogen-bond acceptors (Lipinski definition) is 7. The monoisotopic (exact) mass is 913 g/mol. The Balaban J connectivity index is 0.00000498. The van der Waals surface area contributed by atoms with Gasteiger partial charge in [-0.25, -0.2) is 15.0 Å². The molecule has 5 heterocycles. The number of aryl methyl sites for hydroxylation is 1. The first kappa shape index (κ1) is 42.4. The number of fused-ring (bicyclic) bond motifs is 21. The number of imidazole rings is 1. The van der Waals surface area contributed by atoms with Crippen LogP contribution in [0, 0.1) is 11.5 Å². The Morgan fingerprint density at radius 1 is 0.569 bits per heavy atom. The second-order valence-electron chi connectivity index (χ2n) is 18.0. The first-order chi connectivity index (χ1) is 31.1. The molecule has 0 spiro atoms. The summed E-state index contributed by atoms with van der Waals surface area (Å²) in [5.41, 5.74) is 15.8. The molecule has 0 fully saturated rings. The van der Waals surface area contributed by atoms with Crippen LogP contribution in [0.15, 0.2) is 115 Å². The van der Waals surface area contributed by atoms with Crippen LogP contribution in [-0.2, 0) is 26.0 Å². The van der Waals surface area contributed by atoms with E-state index in [0.717, 1.165) is 95.8 Å². The molecule has 9 aromatic rings. The zero-order chi connectivity index (χ0) is 43.9. The van der Waals surface area contributed by atoms with Crippen LogP contribution in [0.1, 0.15) is 60.5 Å². The van der Waals surface area contributed by atoms with Crippen molar-refractivity contribution in [2.24, 2.45) is 0 Å². The fraction of sp³-hybridized carbons (Fsp3) is 0.222. The summed E-state index contributed by atoms with van der Waals surface area (Å²) in [6, 6.07) is 39.4. The van der Waals surface area contributed by atoms with Crippen LogP contribution < -0.4 is 4.98 Å². The fourth-order valence-electron chi connectivity index (χ4n) is 10.3. The molecular weight excluding hydrogens is 868 g/mol. The first-order valence-corrected chi connectivity index (χ1v) is 24.6. The first-order valence-electron chi connectivity index (χ1n) is 22.4. The maximum absolute atomic E-state index is 5.34. The summed E-state index contributed by atoms with van der Waals surface area (Å²) in [6.45, 7) is 17.1. The van der Waals surface area contributed by atoms with Gasteiger partial charge in [0.05, 0.1) is 22.7 Å². The van der Waals surface area contributed by atoms with Crippen molar-refractivity contribution in [2.45, 2.75) is 78.1 Å². The van der Waals surface area contributed by atoms with E-state index in [1.54, 1.807) is 0 Å². The van der Waals surface area contributed by atoms with Crippen molar-refractivity contribution in [1.82, 2.24) is 44.4 Å². The van der Waals surface area contributed by atoms with Gasteiger partial charge in [-0.05, 0) is 69.1 Å². The molecule has 2 aliphatic rings. The summed E-state index contributed by atoms with van der Waals surface area (Å²) < 4.78 is 2.32. The van der Waals surface area contributed by atoms with Gasteiger partial charge in [-0.1, -0.05) is 127 Å².